The van der Waals surface area contributed by atoms with Crippen molar-refractivity contribution in [1.82, 2.24) is 0 Å². The van der Waals surface area contributed by atoms with Gasteiger partial charge in [-0.25, -0.2) is 0 Å². The molecule has 0 fully saturated rings. The molecule has 1 aromatic carbocycles. The minimum atomic E-state index is 0.473. The Hall–Kier alpha value is -1.04. The molecule has 0 radical (unpaired) electrons. The Morgan fingerprint density at radius 3 is 2.69 bits per heavy atom. The minimum absolute atomic E-state index is 0.473. The van der Waals surface area contributed by atoms with Gasteiger partial charge in [-0.15, -0.1) is 11.6 Å². The van der Waals surface area contributed by atoms with Gasteiger partial charge in [-0.2, -0.15) is 5.26 Å². The largest absolute Gasteiger partial charge is 0.330 e. The van der Waals surface area contributed by atoms with E-state index in [1.165, 1.54) is 0 Å². The summed E-state index contributed by atoms with van der Waals surface area (Å²) >= 11 is 5.74. The zero-order valence-electron chi connectivity index (χ0n) is 7.26. The van der Waals surface area contributed by atoms with Gasteiger partial charge in [0.2, 0.25) is 0 Å². The standard InChI is InChI=1S/C10H11ClN2/c11-6-10-2-1-8(7-13)5-9(10)3-4-12/h1-2,5H,3-4,6,12H2. The smallest absolute Gasteiger partial charge is 0.0991 e. The van der Waals surface area contributed by atoms with E-state index in [1.54, 1.807) is 6.07 Å². The summed E-state index contributed by atoms with van der Waals surface area (Å²) in [5.41, 5.74) is 8.26. The SMILES string of the molecule is N#Cc1ccc(CCl)c(CCN)c1. The highest BCUT2D eigenvalue weighted by Crippen LogP contribution is 2.14. The Kier molecular flexibility index (Phi) is 3.75. The van der Waals surface area contributed by atoms with E-state index in [4.69, 9.17) is 22.6 Å². The van der Waals surface area contributed by atoms with Gasteiger partial charge in [0, 0.05) is 5.88 Å². The summed E-state index contributed by atoms with van der Waals surface area (Å²) in [5.74, 6) is 0.473. The molecule has 0 bridgehead atoms. The summed E-state index contributed by atoms with van der Waals surface area (Å²) in [6.07, 6.45) is 0.775. The number of nitrogens with zero attached hydrogens (tertiary/aromatic N) is 1. The molecule has 0 aliphatic rings. The molecule has 2 nitrogen and oxygen atoms in total. The summed E-state index contributed by atoms with van der Waals surface area (Å²) in [6, 6.07) is 7.61. The summed E-state index contributed by atoms with van der Waals surface area (Å²) in [6.45, 7) is 0.582. The molecule has 0 saturated carbocycles. The van der Waals surface area contributed by atoms with Crippen LogP contribution in [0.2, 0.25) is 0 Å². The predicted molar refractivity (Wildman–Crippen MR) is 53.5 cm³/mol. The van der Waals surface area contributed by atoms with Crippen molar-refractivity contribution < 1.29 is 0 Å². The van der Waals surface area contributed by atoms with Crippen molar-refractivity contribution >= 4 is 11.6 Å². The van der Waals surface area contributed by atoms with Crippen molar-refractivity contribution in [3.05, 3.63) is 34.9 Å². The van der Waals surface area contributed by atoms with Crippen molar-refractivity contribution in [2.75, 3.05) is 6.54 Å². The predicted octanol–water partition coefficient (Wildman–Crippen LogP) is 1.80. The molecule has 2 N–H and O–H groups in total. The molecular formula is C10H11ClN2. The van der Waals surface area contributed by atoms with E-state index in [9.17, 15) is 0 Å². The lowest BCUT2D eigenvalue weighted by atomic mass is 10.0. The molecular weight excluding hydrogens is 184 g/mol. The molecule has 3 heteroatoms. The van der Waals surface area contributed by atoms with E-state index in [2.05, 4.69) is 6.07 Å². The van der Waals surface area contributed by atoms with Gasteiger partial charge in [0.15, 0.2) is 0 Å². The van der Waals surface area contributed by atoms with Crippen LogP contribution in [0.3, 0.4) is 0 Å². The van der Waals surface area contributed by atoms with Gasteiger partial charge in [0.25, 0.3) is 0 Å². The van der Waals surface area contributed by atoms with E-state index >= 15 is 0 Å². The molecule has 1 rings (SSSR count). The maximum Gasteiger partial charge on any atom is 0.0991 e. The van der Waals surface area contributed by atoms with Gasteiger partial charge in [-0.1, -0.05) is 6.07 Å². The first-order chi connectivity index (χ1) is 6.31. The first kappa shape index (κ1) is 10.0. The number of rotatable bonds is 3. The minimum Gasteiger partial charge on any atom is -0.330 e. The fraction of sp³-hybridized carbons (Fsp3) is 0.300. The molecule has 0 spiro atoms. The lowest BCUT2D eigenvalue weighted by Gasteiger charge is -2.05. The van der Waals surface area contributed by atoms with Crippen molar-refractivity contribution in [3.63, 3.8) is 0 Å². The van der Waals surface area contributed by atoms with Gasteiger partial charge in [0.05, 0.1) is 11.6 Å². The summed E-state index contributed by atoms with van der Waals surface area (Å²) in [7, 11) is 0. The summed E-state index contributed by atoms with van der Waals surface area (Å²) in [4.78, 5) is 0. The second-order valence-electron chi connectivity index (χ2n) is 2.77. The molecule has 0 aromatic heterocycles. The van der Waals surface area contributed by atoms with Gasteiger partial charge >= 0.3 is 0 Å². The van der Waals surface area contributed by atoms with Gasteiger partial charge < -0.3 is 5.73 Å². The van der Waals surface area contributed by atoms with Crippen molar-refractivity contribution in [2.45, 2.75) is 12.3 Å². The third-order valence-corrected chi connectivity index (χ3v) is 2.18. The third-order valence-electron chi connectivity index (χ3n) is 1.89. The number of nitriles is 1. The van der Waals surface area contributed by atoms with Gasteiger partial charge in [-0.3, -0.25) is 0 Å². The molecule has 0 amide bonds. The van der Waals surface area contributed by atoms with E-state index in [1.807, 2.05) is 12.1 Å². The van der Waals surface area contributed by atoms with Crippen LogP contribution in [0.1, 0.15) is 16.7 Å². The lowest BCUT2D eigenvalue weighted by molar-refractivity contribution is 0.954. The fourth-order valence-corrected chi connectivity index (χ4v) is 1.47. The highest BCUT2D eigenvalue weighted by molar-refractivity contribution is 6.17. The van der Waals surface area contributed by atoms with E-state index in [0.717, 1.165) is 17.5 Å². The molecule has 0 unspecified atom stereocenters. The van der Waals surface area contributed by atoms with Crippen LogP contribution in [-0.2, 0) is 12.3 Å². The maximum absolute atomic E-state index is 8.68. The van der Waals surface area contributed by atoms with Crippen molar-refractivity contribution in [2.24, 2.45) is 5.73 Å². The Morgan fingerprint density at radius 2 is 2.15 bits per heavy atom. The quantitative estimate of drug-likeness (QED) is 0.746. The first-order valence-electron chi connectivity index (χ1n) is 4.09. The topological polar surface area (TPSA) is 49.8 Å². The third kappa shape index (κ3) is 2.45. The monoisotopic (exact) mass is 194 g/mol. The molecule has 0 saturated heterocycles. The van der Waals surface area contributed by atoms with Crippen LogP contribution in [0.15, 0.2) is 18.2 Å². The van der Waals surface area contributed by atoms with Crippen LogP contribution in [0.4, 0.5) is 0 Å². The molecule has 0 aliphatic heterocycles. The average Bonchev–Trinajstić information content (AvgIpc) is 2.18. The van der Waals surface area contributed by atoms with Crippen LogP contribution >= 0.6 is 11.6 Å². The van der Waals surface area contributed by atoms with Crippen LogP contribution in [0, 0.1) is 11.3 Å². The van der Waals surface area contributed by atoms with Crippen LogP contribution in [-0.4, -0.2) is 6.54 Å². The molecule has 13 heavy (non-hydrogen) atoms. The maximum atomic E-state index is 8.68. The molecule has 0 heterocycles. The van der Waals surface area contributed by atoms with E-state index in [0.29, 0.717) is 18.0 Å². The molecule has 68 valence electrons. The zero-order chi connectivity index (χ0) is 9.68. The number of hydrogen-bond donors (Lipinski definition) is 1. The van der Waals surface area contributed by atoms with E-state index < -0.39 is 0 Å². The van der Waals surface area contributed by atoms with Crippen LogP contribution in [0.5, 0.6) is 0 Å². The highest BCUT2D eigenvalue weighted by Gasteiger charge is 2.01. The molecule has 0 atom stereocenters. The zero-order valence-corrected chi connectivity index (χ0v) is 8.01. The van der Waals surface area contributed by atoms with Gasteiger partial charge in [0.1, 0.15) is 0 Å². The summed E-state index contributed by atoms with van der Waals surface area (Å²) in [5, 5.41) is 8.68. The van der Waals surface area contributed by atoms with Crippen LogP contribution in [0.25, 0.3) is 0 Å². The Morgan fingerprint density at radius 1 is 1.38 bits per heavy atom. The number of nitrogens with two attached hydrogens (primary N) is 1. The second-order valence-corrected chi connectivity index (χ2v) is 3.03. The molecule has 0 aliphatic carbocycles. The van der Waals surface area contributed by atoms with Gasteiger partial charge in [-0.05, 0) is 36.2 Å². The average molecular weight is 195 g/mol. The van der Waals surface area contributed by atoms with Crippen molar-refractivity contribution in [3.8, 4) is 6.07 Å². The number of benzene rings is 1. The lowest BCUT2D eigenvalue weighted by Crippen LogP contribution is -2.05. The Balaban J connectivity index is 3.04. The first-order valence-corrected chi connectivity index (χ1v) is 4.63. The van der Waals surface area contributed by atoms with Crippen LogP contribution < -0.4 is 5.73 Å². The number of alkyl halides is 1. The normalized spacial score (nSPS) is 9.62. The summed E-state index contributed by atoms with van der Waals surface area (Å²) < 4.78 is 0. The number of halogens is 1. The number of hydrogen-bond acceptors (Lipinski definition) is 2. The van der Waals surface area contributed by atoms with Crippen molar-refractivity contribution in [1.29, 1.82) is 5.26 Å². The fourth-order valence-electron chi connectivity index (χ4n) is 1.21. The highest BCUT2D eigenvalue weighted by atomic mass is 35.5. The Labute approximate surface area is 82.9 Å². The van der Waals surface area contributed by atoms with E-state index in [-0.39, 0.29) is 0 Å². The molecule has 1 aromatic rings. The second kappa shape index (κ2) is 4.86. The Bertz CT molecular complexity index is 328.